The molecule has 5 heteroatoms. The number of piperazine rings is 1. The molecule has 2 aliphatic heterocycles. The minimum Gasteiger partial charge on any atom is -0.369 e. The molecule has 0 saturated carbocycles. The molecule has 0 aromatic heterocycles. The predicted molar refractivity (Wildman–Crippen MR) is 149 cm³/mol. The fourth-order valence-electron chi connectivity index (χ4n) is 4.57. The molecule has 0 bridgehead atoms. The summed E-state index contributed by atoms with van der Waals surface area (Å²) in [6, 6.07) is 16.2. The molecule has 0 radical (unpaired) electrons. The van der Waals surface area contributed by atoms with Crippen LogP contribution < -0.4 is 10.5 Å². The lowest BCUT2D eigenvalue weighted by Gasteiger charge is -2.36. The summed E-state index contributed by atoms with van der Waals surface area (Å²) in [4.78, 5) is 25.5. The van der Waals surface area contributed by atoms with E-state index in [2.05, 4.69) is 72.8 Å². The van der Waals surface area contributed by atoms with Crippen LogP contribution in [0.3, 0.4) is 0 Å². The molecule has 0 atom stereocenters. The number of hydrogen-bond donors (Lipinski definition) is 1. The third-order valence-electron chi connectivity index (χ3n) is 6.54. The average molecular weight is 469 g/mol. The Labute approximate surface area is 208 Å². The highest BCUT2D eigenvalue weighted by Crippen LogP contribution is 2.29. The molecule has 0 spiro atoms. The van der Waals surface area contributed by atoms with Crippen LogP contribution in [0, 0.1) is 6.92 Å². The van der Waals surface area contributed by atoms with Gasteiger partial charge in [0.05, 0.1) is 17.0 Å². The number of anilines is 1. The van der Waals surface area contributed by atoms with Crippen molar-refractivity contribution in [1.82, 2.24) is 9.88 Å². The fourth-order valence-corrected chi connectivity index (χ4v) is 4.57. The lowest BCUT2D eigenvalue weighted by Crippen LogP contribution is -2.46. The highest BCUT2D eigenvalue weighted by molar-refractivity contribution is 6.05. The molecule has 3 aliphatic rings. The van der Waals surface area contributed by atoms with Crippen molar-refractivity contribution in [3.63, 3.8) is 0 Å². The standard InChI is InChI=1S/C30H36N4O/c1-21(2)11-12-22(3)20-33-15-17-34(18-16-33)25-14-13-23(4)28(19-25)31-24(5)29-26-9-7-6-8-10-27(26)32-30(29)35/h6-14,19H,15-18,20H2,1-5H3,(H,32,35)/b22-12+,31-24?. The van der Waals surface area contributed by atoms with Crippen molar-refractivity contribution >= 4 is 17.1 Å². The zero-order valence-corrected chi connectivity index (χ0v) is 21.6. The first-order valence-electron chi connectivity index (χ1n) is 12.4. The summed E-state index contributed by atoms with van der Waals surface area (Å²) in [7, 11) is 0. The van der Waals surface area contributed by atoms with Gasteiger partial charge in [-0.25, -0.2) is 0 Å². The van der Waals surface area contributed by atoms with Gasteiger partial charge in [0.1, 0.15) is 0 Å². The highest BCUT2D eigenvalue weighted by Gasteiger charge is 2.19. The number of nitrogens with one attached hydrogen (secondary N) is 1. The molecule has 182 valence electrons. The monoisotopic (exact) mass is 468 g/mol. The molecule has 4 rings (SSSR count). The van der Waals surface area contributed by atoms with Gasteiger partial charge in [-0.15, -0.1) is 0 Å². The second-order valence-corrected chi connectivity index (χ2v) is 9.76. The van der Waals surface area contributed by atoms with Crippen LogP contribution in [0.25, 0.3) is 11.3 Å². The zero-order chi connectivity index (χ0) is 24.9. The molecule has 1 aliphatic carbocycles. The van der Waals surface area contributed by atoms with Crippen LogP contribution in [-0.4, -0.2) is 48.3 Å². The van der Waals surface area contributed by atoms with Crippen molar-refractivity contribution in [1.29, 1.82) is 0 Å². The SMILES string of the molecule is CC(C)=C/C=C(\C)CN1CCN(c2ccc(C)c(N=C(C)c3c4cccccc-4[nH]c3=O)c2)CC1. The molecule has 5 nitrogen and oxygen atoms in total. The first kappa shape index (κ1) is 24.7. The van der Waals surface area contributed by atoms with Gasteiger partial charge in [-0.2, -0.15) is 0 Å². The van der Waals surface area contributed by atoms with Crippen LogP contribution in [0.5, 0.6) is 0 Å². The van der Waals surface area contributed by atoms with E-state index >= 15 is 0 Å². The summed E-state index contributed by atoms with van der Waals surface area (Å²) >= 11 is 0. The molecule has 1 aromatic carbocycles. The summed E-state index contributed by atoms with van der Waals surface area (Å²) in [5.74, 6) is 0. The maximum absolute atomic E-state index is 12.7. The number of fused-ring (bicyclic) bond motifs is 1. The molecule has 1 saturated heterocycles. The number of aliphatic imine (C=N–C) groups is 1. The fraction of sp³-hybridized carbons (Fsp3) is 0.333. The smallest absolute Gasteiger partial charge is 0.258 e. The molecule has 0 amide bonds. The molecule has 0 unspecified atom stereocenters. The summed E-state index contributed by atoms with van der Waals surface area (Å²) in [6.07, 6.45) is 4.42. The van der Waals surface area contributed by atoms with Crippen molar-refractivity contribution in [3.05, 3.63) is 93.3 Å². The third kappa shape index (κ3) is 5.98. The summed E-state index contributed by atoms with van der Waals surface area (Å²) < 4.78 is 0. The Morgan fingerprint density at radius 1 is 0.971 bits per heavy atom. The summed E-state index contributed by atoms with van der Waals surface area (Å²) in [5, 5.41) is 0. The van der Waals surface area contributed by atoms with Crippen LogP contribution in [-0.2, 0) is 0 Å². The zero-order valence-electron chi connectivity index (χ0n) is 21.6. The number of nitrogens with zero attached hydrogens (tertiary/aromatic N) is 3. The normalized spacial score (nSPS) is 15.5. The van der Waals surface area contributed by atoms with E-state index in [1.54, 1.807) is 0 Å². The van der Waals surface area contributed by atoms with Gasteiger partial charge in [0, 0.05) is 49.7 Å². The topological polar surface area (TPSA) is 51.7 Å². The Hall–Kier alpha value is -3.44. The Kier molecular flexibility index (Phi) is 7.67. The summed E-state index contributed by atoms with van der Waals surface area (Å²) in [5.41, 5.74) is 8.94. The van der Waals surface area contributed by atoms with Crippen molar-refractivity contribution in [3.8, 4) is 11.3 Å². The number of aromatic amines is 1. The Balaban J connectivity index is 1.51. The quantitative estimate of drug-likeness (QED) is 0.359. The van der Waals surface area contributed by atoms with E-state index in [0.29, 0.717) is 5.56 Å². The number of aromatic nitrogens is 1. The lowest BCUT2D eigenvalue weighted by atomic mass is 10.1. The van der Waals surface area contributed by atoms with Crippen LogP contribution in [0.1, 0.15) is 38.8 Å². The van der Waals surface area contributed by atoms with Crippen LogP contribution in [0.15, 0.2) is 81.6 Å². The number of hydrogen-bond acceptors (Lipinski definition) is 4. The maximum atomic E-state index is 12.7. The van der Waals surface area contributed by atoms with E-state index in [9.17, 15) is 4.79 Å². The molecule has 1 fully saturated rings. The van der Waals surface area contributed by atoms with E-state index in [1.165, 1.54) is 16.8 Å². The number of rotatable bonds is 6. The van der Waals surface area contributed by atoms with Gasteiger partial charge in [-0.05, 0) is 58.4 Å². The molecular weight excluding hydrogens is 432 g/mol. The maximum Gasteiger partial charge on any atom is 0.258 e. The van der Waals surface area contributed by atoms with Gasteiger partial charge in [-0.3, -0.25) is 14.7 Å². The Bertz CT molecular complexity index is 1300. The van der Waals surface area contributed by atoms with Crippen molar-refractivity contribution in [2.75, 3.05) is 37.6 Å². The third-order valence-corrected chi connectivity index (χ3v) is 6.54. The number of aryl methyl sites for hydroxylation is 1. The van der Waals surface area contributed by atoms with Gasteiger partial charge >= 0.3 is 0 Å². The minimum absolute atomic E-state index is 0.0914. The van der Waals surface area contributed by atoms with E-state index < -0.39 is 0 Å². The summed E-state index contributed by atoms with van der Waals surface area (Å²) in [6.45, 7) is 15.5. The largest absolute Gasteiger partial charge is 0.369 e. The van der Waals surface area contributed by atoms with Gasteiger partial charge < -0.3 is 9.88 Å². The number of H-pyrrole nitrogens is 1. The van der Waals surface area contributed by atoms with Crippen LogP contribution >= 0.6 is 0 Å². The average Bonchev–Trinajstić information content (AvgIpc) is 2.97. The number of allylic oxidation sites excluding steroid dienone is 3. The molecular formula is C30H36N4O. The Morgan fingerprint density at radius 2 is 1.71 bits per heavy atom. The van der Waals surface area contributed by atoms with Gasteiger partial charge in [0.15, 0.2) is 0 Å². The lowest BCUT2D eigenvalue weighted by molar-refractivity contribution is 0.278. The van der Waals surface area contributed by atoms with Crippen LogP contribution in [0.4, 0.5) is 11.4 Å². The van der Waals surface area contributed by atoms with Crippen molar-refractivity contribution in [2.24, 2.45) is 4.99 Å². The van der Waals surface area contributed by atoms with E-state index in [1.807, 2.05) is 37.3 Å². The van der Waals surface area contributed by atoms with Crippen LogP contribution in [0.2, 0.25) is 0 Å². The number of benzene rings is 1. The first-order valence-corrected chi connectivity index (χ1v) is 12.4. The van der Waals surface area contributed by atoms with E-state index in [-0.39, 0.29) is 5.56 Å². The minimum atomic E-state index is -0.0914. The second-order valence-electron chi connectivity index (χ2n) is 9.76. The molecule has 2 heterocycles. The Morgan fingerprint density at radius 3 is 2.46 bits per heavy atom. The second kappa shape index (κ2) is 10.9. The van der Waals surface area contributed by atoms with Crippen molar-refractivity contribution in [2.45, 2.75) is 34.6 Å². The molecule has 35 heavy (non-hydrogen) atoms. The van der Waals surface area contributed by atoms with Gasteiger partial charge in [-0.1, -0.05) is 53.6 Å². The van der Waals surface area contributed by atoms with Gasteiger partial charge in [0.2, 0.25) is 0 Å². The first-order chi connectivity index (χ1) is 16.8. The highest BCUT2D eigenvalue weighted by atomic mass is 16.1. The van der Waals surface area contributed by atoms with Crippen molar-refractivity contribution < 1.29 is 0 Å². The molecule has 1 N–H and O–H groups in total. The van der Waals surface area contributed by atoms with E-state index in [4.69, 9.17) is 4.99 Å². The molecule has 1 aromatic rings. The van der Waals surface area contributed by atoms with Gasteiger partial charge in [0.25, 0.3) is 5.56 Å². The van der Waals surface area contributed by atoms with E-state index in [0.717, 1.165) is 60.9 Å². The predicted octanol–water partition coefficient (Wildman–Crippen LogP) is 5.96.